The summed E-state index contributed by atoms with van der Waals surface area (Å²) < 4.78 is 0. The third-order valence-corrected chi connectivity index (χ3v) is 1.97. The minimum Gasteiger partial charge on any atom is -0.317 e. The third-order valence-electron chi connectivity index (χ3n) is 1.97. The van der Waals surface area contributed by atoms with Crippen molar-refractivity contribution >= 4 is 17.5 Å². The molecule has 0 bridgehead atoms. The molecule has 0 heterocycles. The van der Waals surface area contributed by atoms with Gasteiger partial charge in [-0.2, -0.15) is 0 Å². The normalized spacial score (nSPS) is 9.53. The molecule has 4 N–H and O–H groups in total. The Morgan fingerprint density at radius 1 is 1.20 bits per heavy atom. The Morgan fingerprint density at radius 2 is 1.87 bits per heavy atom. The van der Waals surface area contributed by atoms with Gasteiger partial charge in [-0.05, 0) is 25.5 Å². The first-order valence-electron chi connectivity index (χ1n) is 4.43. The first-order valence-corrected chi connectivity index (χ1v) is 4.43. The summed E-state index contributed by atoms with van der Waals surface area (Å²) in [6.45, 7) is 3.80. The van der Waals surface area contributed by atoms with Gasteiger partial charge < -0.3 is 5.32 Å². The van der Waals surface area contributed by atoms with Crippen LogP contribution in [0.15, 0.2) is 18.2 Å². The van der Waals surface area contributed by atoms with Crippen molar-refractivity contribution in [2.45, 2.75) is 13.8 Å². The molecule has 0 saturated carbocycles. The summed E-state index contributed by atoms with van der Waals surface area (Å²) >= 11 is 0. The number of rotatable bonds is 1. The van der Waals surface area contributed by atoms with E-state index in [0.29, 0.717) is 5.69 Å². The number of anilines is 1. The summed E-state index contributed by atoms with van der Waals surface area (Å²) in [5, 5.41) is 2.46. The van der Waals surface area contributed by atoms with Crippen molar-refractivity contribution in [3.8, 4) is 0 Å². The molecule has 0 unspecified atom stereocenters. The number of carbonyl (C=O) groups is 2. The minimum atomic E-state index is -0.866. The van der Waals surface area contributed by atoms with Crippen molar-refractivity contribution in [3.63, 3.8) is 0 Å². The molecule has 0 aliphatic heterocycles. The molecule has 0 aliphatic rings. The van der Waals surface area contributed by atoms with Gasteiger partial charge in [0.1, 0.15) is 0 Å². The molecule has 5 heteroatoms. The lowest BCUT2D eigenvalue weighted by atomic mass is 10.1. The maximum absolute atomic E-state index is 11.2. The van der Waals surface area contributed by atoms with Gasteiger partial charge in [0, 0.05) is 5.69 Å². The summed E-state index contributed by atoms with van der Waals surface area (Å²) in [4.78, 5) is 22.0. The Kier molecular flexibility index (Phi) is 3.41. The molecule has 0 radical (unpaired) electrons. The average molecular weight is 207 g/mol. The van der Waals surface area contributed by atoms with Crippen LogP contribution in [0.5, 0.6) is 0 Å². The number of hydrogen-bond donors (Lipinski definition) is 3. The number of nitrogens with one attached hydrogen (secondary N) is 2. The number of benzene rings is 1. The minimum absolute atomic E-state index is 0.606. The highest BCUT2D eigenvalue weighted by Crippen LogP contribution is 2.15. The molecule has 80 valence electrons. The summed E-state index contributed by atoms with van der Waals surface area (Å²) in [6.07, 6.45) is 0. The van der Waals surface area contributed by atoms with Gasteiger partial charge in [-0.3, -0.25) is 15.0 Å². The molecular weight excluding hydrogens is 194 g/mol. The van der Waals surface area contributed by atoms with Gasteiger partial charge in [-0.15, -0.1) is 0 Å². The molecule has 0 aliphatic carbocycles. The van der Waals surface area contributed by atoms with Crippen LogP contribution in [-0.2, 0) is 9.59 Å². The summed E-state index contributed by atoms with van der Waals surface area (Å²) in [5.41, 5.74) is 4.36. The average Bonchev–Trinajstić information content (AvgIpc) is 2.20. The molecule has 5 nitrogen and oxygen atoms in total. The van der Waals surface area contributed by atoms with Crippen LogP contribution < -0.4 is 16.6 Å². The zero-order chi connectivity index (χ0) is 11.4. The number of hydrazine groups is 1. The van der Waals surface area contributed by atoms with Gasteiger partial charge in [0.05, 0.1) is 0 Å². The quantitative estimate of drug-likeness (QED) is 0.267. The Bertz CT molecular complexity index is 402. The van der Waals surface area contributed by atoms with E-state index in [1.54, 1.807) is 11.5 Å². The van der Waals surface area contributed by atoms with Crippen molar-refractivity contribution in [1.82, 2.24) is 5.43 Å². The largest absolute Gasteiger partial charge is 0.323 e. The SMILES string of the molecule is Cc1ccc(NC(=O)C(=O)NN)c(C)c1. The van der Waals surface area contributed by atoms with Crippen molar-refractivity contribution in [3.05, 3.63) is 29.3 Å². The number of hydrogen-bond acceptors (Lipinski definition) is 3. The first kappa shape index (κ1) is 11.2. The van der Waals surface area contributed by atoms with Crippen molar-refractivity contribution in [2.75, 3.05) is 5.32 Å². The second-order valence-corrected chi connectivity index (χ2v) is 3.25. The Labute approximate surface area is 87.6 Å². The lowest BCUT2D eigenvalue weighted by molar-refractivity contribution is -0.136. The second kappa shape index (κ2) is 4.56. The van der Waals surface area contributed by atoms with Crippen LogP contribution in [0.1, 0.15) is 11.1 Å². The van der Waals surface area contributed by atoms with Gasteiger partial charge in [0.25, 0.3) is 0 Å². The van der Waals surface area contributed by atoms with E-state index in [0.717, 1.165) is 11.1 Å². The molecule has 1 rings (SSSR count). The fraction of sp³-hybridized carbons (Fsp3) is 0.200. The number of nitrogens with two attached hydrogens (primary N) is 1. The van der Waals surface area contributed by atoms with E-state index in [4.69, 9.17) is 5.84 Å². The number of aryl methyl sites for hydroxylation is 2. The molecule has 15 heavy (non-hydrogen) atoms. The van der Waals surface area contributed by atoms with E-state index in [2.05, 4.69) is 5.32 Å². The van der Waals surface area contributed by atoms with Gasteiger partial charge in [-0.1, -0.05) is 17.7 Å². The summed E-state index contributed by atoms with van der Waals surface area (Å²) in [7, 11) is 0. The van der Waals surface area contributed by atoms with E-state index in [1.165, 1.54) is 0 Å². The Hall–Kier alpha value is -1.88. The fourth-order valence-corrected chi connectivity index (χ4v) is 1.20. The molecule has 2 amide bonds. The smallest absolute Gasteiger partial charge is 0.317 e. The van der Waals surface area contributed by atoms with Crippen LogP contribution in [0.2, 0.25) is 0 Å². The number of carbonyl (C=O) groups excluding carboxylic acids is 2. The number of amides is 2. The predicted molar refractivity (Wildman–Crippen MR) is 56.9 cm³/mol. The molecule has 0 saturated heterocycles. The van der Waals surface area contributed by atoms with Crippen LogP contribution in [0, 0.1) is 13.8 Å². The molecule has 0 spiro atoms. The lowest BCUT2D eigenvalue weighted by Crippen LogP contribution is -2.39. The maximum Gasteiger partial charge on any atom is 0.323 e. The summed E-state index contributed by atoms with van der Waals surface area (Å²) in [5.74, 6) is 3.19. The van der Waals surface area contributed by atoms with E-state index < -0.39 is 11.8 Å². The van der Waals surface area contributed by atoms with Gasteiger partial charge in [-0.25, -0.2) is 5.84 Å². The second-order valence-electron chi connectivity index (χ2n) is 3.25. The van der Waals surface area contributed by atoms with Gasteiger partial charge in [0.2, 0.25) is 0 Å². The fourth-order valence-electron chi connectivity index (χ4n) is 1.20. The Morgan fingerprint density at radius 3 is 2.40 bits per heavy atom. The Balaban J connectivity index is 2.81. The van der Waals surface area contributed by atoms with Crippen molar-refractivity contribution in [2.24, 2.45) is 5.84 Å². The highest BCUT2D eigenvalue weighted by atomic mass is 16.2. The highest BCUT2D eigenvalue weighted by molar-refractivity contribution is 6.39. The zero-order valence-corrected chi connectivity index (χ0v) is 8.63. The van der Waals surface area contributed by atoms with Crippen molar-refractivity contribution < 1.29 is 9.59 Å². The molecule has 0 atom stereocenters. The molecule has 0 aromatic heterocycles. The van der Waals surface area contributed by atoms with E-state index in [-0.39, 0.29) is 0 Å². The van der Waals surface area contributed by atoms with Crippen molar-refractivity contribution in [1.29, 1.82) is 0 Å². The van der Waals surface area contributed by atoms with Crippen LogP contribution in [0.25, 0.3) is 0 Å². The molecule has 1 aromatic carbocycles. The van der Waals surface area contributed by atoms with Crippen LogP contribution in [0.4, 0.5) is 5.69 Å². The molecule has 0 fully saturated rings. The van der Waals surface area contributed by atoms with Crippen LogP contribution in [0.3, 0.4) is 0 Å². The van der Waals surface area contributed by atoms with E-state index in [1.807, 2.05) is 26.0 Å². The third kappa shape index (κ3) is 2.78. The predicted octanol–water partition coefficient (Wildman–Crippen LogP) is 0.232. The molecule has 1 aromatic rings. The topological polar surface area (TPSA) is 84.2 Å². The van der Waals surface area contributed by atoms with E-state index in [9.17, 15) is 9.59 Å². The monoisotopic (exact) mass is 207 g/mol. The standard InChI is InChI=1S/C10H13N3O2/c1-6-3-4-8(7(2)5-6)12-9(14)10(15)13-11/h3-5H,11H2,1-2H3,(H,12,14)(H,13,15). The van der Waals surface area contributed by atoms with E-state index >= 15 is 0 Å². The van der Waals surface area contributed by atoms with Gasteiger partial charge >= 0.3 is 11.8 Å². The zero-order valence-electron chi connectivity index (χ0n) is 8.63. The lowest BCUT2D eigenvalue weighted by Gasteiger charge is -2.07. The molecular formula is C10H13N3O2. The highest BCUT2D eigenvalue weighted by Gasteiger charge is 2.12. The van der Waals surface area contributed by atoms with Gasteiger partial charge in [0.15, 0.2) is 0 Å². The van der Waals surface area contributed by atoms with Crippen LogP contribution >= 0.6 is 0 Å². The first-order chi connectivity index (χ1) is 7.04. The maximum atomic E-state index is 11.2. The summed E-state index contributed by atoms with van der Waals surface area (Å²) in [6, 6.07) is 5.51. The van der Waals surface area contributed by atoms with Crippen LogP contribution in [-0.4, -0.2) is 11.8 Å².